The first kappa shape index (κ1) is 15.6. The summed E-state index contributed by atoms with van der Waals surface area (Å²) in [6.45, 7) is 0.284. The molecule has 0 saturated heterocycles. The van der Waals surface area contributed by atoms with Gasteiger partial charge in [0.25, 0.3) is 0 Å². The lowest BCUT2D eigenvalue weighted by molar-refractivity contribution is -0.147. The second-order valence-electron chi connectivity index (χ2n) is 4.10. The zero-order valence-corrected chi connectivity index (χ0v) is 10.9. The van der Waals surface area contributed by atoms with Crippen LogP contribution in [-0.2, 0) is 14.4 Å². The smallest absolute Gasteiger partial charge is 0.328 e. The Labute approximate surface area is 115 Å². The molecule has 0 saturated carbocycles. The molecule has 1 rings (SSSR count). The number of carboxylic acid groups (broad SMARTS) is 2. The Morgan fingerprint density at radius 2 is 1.60 bits per heavy atom. The van der Waals surface area contributed by atoms with E-state index in [1.807, 2.05) is 0 Å². The van der Waals surface area contributed by atoms with Crippen LogP contribution >= 0.6 is 0 Å². The molecule has 0 amide bonds. The van der Waals surface area contributed by atoms with E-state index in [1.165, 1.54) is 6.92 Å². The van der Waals surface area contributed by atoms with Crippen molar-refractivity contribution in [1.29, 1.82) is 0 Å². The quantitative estimate of drug-likeness (QED) is 0.552. The van der Waals surface area contributed by atoms with E-state index in [-0.39, 0.29) is 0 Å². The predicted molar refractivity (Wildman–Crippen MR) is 68.4 cm³/mol. The van der Waals surface area contributed by atoms with Crippen LogP contribution < -0.4 is 4.74 Å². The molecule has 1 aromatic rings. The topological polar surface area (TPSA) is 104 Å². The number of benzene rings is 1. The second kappa shape index (κ2) is 7.25. The molecule has 0 unspecified atom stereocenters. The maximum absolute atomic E-state index is 11.9. The first-order valence-corrected chi connectivity index (χ1v) is 5.84. The van der Waals surface area contributed by atoms with Gasteiger partial charge in [-0.3, -0.25) is 14.5 Å². The van der Waals surface area contributed by atoms with Gasteiger partial charge in [0.2, 0.25) is 0 Å². The summed E-state index contributed by atoms with van der Waals surface area (Å²) < 4.78 is 5.05. The molecule has 1 atom stereocenters. The molecule has 1 aromatic carbocycles. The fourth-order valence-corrected chi connectivity index (χ4v) is 1.52. The molecule has 0 aromatic heterocycles. The van der Waals surface area contributed by atoms with Crippen LogP contribution in [0.5, 0.6) is 5.75 Å². The first-order valence-electron chi connectivity index (χ1n) is 5.84. The summed E-state index contributed by atoms with van der Waals surface area (Å²) in [4.78, 5) is 34.3. The number of rotatable bonds is 7. The normalized spacial score (nSPS) is 11.9. The number of ether oxygens (including phenoxy) is 1. The molecule has 7 nitrogen and oxygen atoms in total. The number of esters is 1. The maximum Gasteiger partial charge on any atom is 0.328 e. The minimum absolute atomic E-state index is 0.315. The number of hydrogen-bond donors (Lipinski definition) is 2. The number of carbonyl (C=O) groups is 3. The van der Waals surface area contributed by atoms with Gasteiger partial charge in [-0.05, 0) is 19.1 Å². The van der Waals surface area contributed by atoms with Gasteiger partial charge < -0.3 is 14.9 Å². The largest absolute Gasteiger partial charge is 0.480 e. The van der Waals surface area contributed by atoms with Crippen molar-refractivity contribution in [3.05, 3.63) is 30.3 Å². The molecule has 0 spiro atoms. The molecular formula is C13H15NO6. The highest BCUT2D eigenvalue weighted by Gasteiger charge is 2.26. The van der Waals surface area contributed by atoms with Crippen molar-refractivity contribution in [2.24, 2.45) is 0 Å². The van der Waals surface area contributed by atoms with Crippen molar-refractivity contribution in [3.63, 3.8) is 0 Å². The van der Waals surface area contributed by atoms with Gasteiger partial charge in [0.15, 0.2) is 0 Å². The van der Waals surface area contributed by atoms with Gasteiger partial charge in [0.05, 0.1) is 13.1 Å². The van der Waals surface area contributed by atoms with Gasteiger partial charge >= 0.3 is 17.9 Å². The van der Waals surface area contributed by atoms with Crippen LogP contribution in [-0.4, -0.2) is 52.2 Å². The van der Waals surface area contributed by atoms with E-state index in [1.54, 1.807) is 30.3 Å². The fourth-order valence-electron chi connectivity index (χ4n) is 1.52. The van der Waals surface area contributed by atoms with Gasteiger partial charge in [-0.2, -0.15) is 0 Å². The molecule has 0 aliphatic carbocycles. The predicted octanol–water partition coefficient (Wildman–Crippen LogP) is 0.452. The SMILES string of the molecule is C[C@@H](C(=O)Oc1ccccc1)N(CC(=O)O)CC(=O)O. The zero-order valence-electron chi connectivity index (χ0n) is 10.9. The van der Waals surface area contributed by atoms with Crippen LogP contribution in [0, 0.1) is 0 Å². The minimum Gasteiger partial charge on any atom is -0.480 e. The van der Waals surface area contributed by atoms with Crippen LogP contribution in [0.1, 0.15) is 6.92 Å². The molecule has 0 fully saturated rings. The molecule has 0 radical (unpaired) electrons. The first-order chi connectivity index (χ1) is 9.40. The number of carbonyl (C=O) groups excluding carboxylic acids is 1. The molecular weight excluding hydrogens is 266 g/mol. The third-order valence-corrected chi connectivity index (χ3v) is 2.53. The summed E-state index contributed by atoms with van der Waals surface area (Å²) in [6, 6.07) is 7.27. The molecule has 2 N–H and O–H groups in total. The highest BCUT2D eigenvalue weighted by Crippen LogP contribution is 2.11. The average molecular weight is 281 g/mol. The summed E-state index contributed by atoms with van der Waals surface area (Å²) in [6.07, 6.45) is 0. The average Bonchev–Trinajstić information content (AvgIpc) is 2.37. The fraction of sp³-hybridized carbons (Fsp3) is 0.308. The van der Waals surface area contributed by atoms with Gasteiger partial charge in [-0.1, -0.05) is 18.2 Å². The molecule has 0 aliphatic rings. The number of hydrogen-bond acceptors (Lipinski definition) is 5. The Hall–Kier alpha value is -2.41. The maximum atomic E-state index is 11.9. The Morgan fingerprint density at radius 1 is 1.10 bits per heavy atom. The molecule has 20 heavy (non-hydrogen) atoms. The highest BCUT2D eigenvalue weighted by molar-refractivity contribution is 5.80. The molecule has 0 heterocycles. The Balaban J connectivity index is 2.72. The van der Waals surface area contributed by atoms with Gasteiger partial charge in [-0.15, -0.1) is 0 Å². The van der Waals surface area contributed by atoms with E-state index in [9.17, 15) is 14.4 Å². The zero-order chi connectivity index (χ0) is 15.1. The summed E-state index contributed by atoms with van der Waals surface area (Å²) in [7, 11) is 0. The number of aliphatic carboxylic acids is 2. The summed E-state index contributed by atoms with van der Waals surface area (Å²) in [5, 5.41) is 17.5. The van der Waals surface area contributed by atoms with Crippen LogP contribution in [0.25, 0.3) is 0 Å². The van der Waals surface area contributed by atoms with Crippen LogP contribution in [0.2, 0.25) is 0 Å². The van der Waals surface area contributed by atoms with E-state index in [0.29, 0.717) is 5.75 Å². The van der Waals surface area contributed by atoms with E-state index < -0.39 is 37.0 Å². The van der Waals surface area contributed by atoms with Gasteiger partial charge in [-0.25, -0.2) is 4.79 Å². The van der Waals surface area contributed by atoms with E-state index in [2.05, 4.69) is 0 Å². The molecule has 108 valence electrons. The van der Waals surface area contributed by atoms with E-state index in [4.69, 9.17) is 14.9 Å². The molecule has 0 aliphatic heterocycles. The van der Waals surface area contributed by atoms with Crippen molar-refractivity contribution in [2.45, 2.75) is 13.0 Å². The minimum atomic E-state index is -1.22. The van der Waals surface area contributed by atoms with E-state index >= 15 is 0 Å². The lowest BCUT2D eigenvalue weighted by atomic mass is 10.2. The number of carboxylic acids is 2. The van der Waals surface area contributed by atoms with Crippen molar-refractivity contribution < 1.29 is 29.3 Å². The lowest BCUT2D eigenvalue weighted by Gasteiger charge is -2.23. The Bertz CT molecular complexity index is 471. The third kappa shape index (κ3) is 5.07. The Morgan fingerprint density at radius 3 is 2.05 bits per heavy atom. The summed E-state index contributed by atoms with van der Waals surface area (Å²) >= 11 is 0. The van der Waals surface area contributed by atoms with E-state index in [0.717, 1.165) is 4.90 Å². The Kier molecular flexibility index (Phi) is 5.67. The standard InChI is InChI=1S/C13H15NO6/c1-9(14(7-11(15)16)8-12(17)18)13(19)20-10-5-3-2-4-6-10/h2-6,9H,7-8H2,1H3,(H,15,16)(H,17,18)/t9-/m0/s1. The van der Waals surface area contributed by atoms with Gasteiger partial charge in [0.1, 0.15) is 11.8 Å². The highest BCUT2D eigenvalue weighted by atomic mass is 16.5. The summed E-state index contributed by atoms with van der Waals surface area (Å²) in [5.41, 5.74) is 0. The van der Waals surface area contributed by atoms with Crippen LogP contribution in [0.4, 0.5) is 0 Å². The number of nitrogens with zero attached hydrogens (tertiary/aromatic N) is 1. The molecule has 0 bridgehead atoms. The van der Waals surface area contributed by atoms with Crippen molar-refractivity contribution >= 4 is 17.9 Å². The second-order valence-corrected chi connectivity index (χ2v) is 4.10. The van der Waals surface area contributed by atoms with Crippen molar-refractivity contribution in [2.75, 3.05) is 13.1 Å². The molecule has 7 heteroatoms. The number of para-hydroxylation sites is 1. The van der Waals surface area contributed by atoms with Crippen molar-refractivity contribution in [3.8, 4) is 5.75 Å². The van der Waals surface area contributed by atoms with Crippen LogP contribution in [0.3, 0.4) is 0 Å². The van der Waals surface area contributed by atoms with Crippen LogP contribution in [0.15, 0.2) is 30.3 Å². The summed E-state index contributed by atoms with van der Waals surface area (Å²) in [5.74, 6) is -2.83. The third-order valence-electron chi connectivity index (χ3n) is 2.53. The lowest BCUT2D eigenvalue weighted by Crippen LogP contribution is -2.46. The van der Waals surface area contributed by atoms with Crippen molar-refractivity contribution in [1.82, 2.24) is 4.90 Å². The monoisotopic (exact) mass is 281 g/mol. The van der Waals surface area contributed by atoms with Gasteiger partial charge in [0, 0.05) is 0 Å².